The number of aryl methyl sites for hydroxylation is 1. The highest BCUT2D eigenvalue weighted by Gasteiger charge is 2.32. The Kier molecular flexibility index (Phi) is 12.3. The zero-order valence-corrected chi connectivity index (χ0v) is 35.7. The topological polar surface area (TPSA) is 172 Å². The van der Waals surface area contributed by atoms with E-state index in [0.29, 0.717) is 80.5 Å². The quantitative estimate of drug-likeness (QED) is 0.107. The van der Waals surface area contributed by atoms with Crippen molar-refractivity contribution in [3.05, 3.63) is 111 Å². The highest BCUT2D eigenvalue weighted by Crippen LogP contribution is 2.31. The average Bonchev–Trinajstić information content (AvgIpc) is 4.05. The molecule has 5 aromatic heterocycles. The Morgan fingerprint density at radius 3 is 2.56 bits per heavy atom. The molecule has 17 heteroatoms. The van der Waals surface area contributed by atoms with E-state index in [4.69, 9.17) is 19.2 Å². The number of pyridine rings is 1. The van der Waals surface area contributed by atoms with Crippen LogP contribution in [-0.4, -0.2) is 106 Å². The lowest BCUT2D eigenvalue weighted by atomic mass is 10.1. The molecule has 2 atom stereocenters. The molecular formula is C45H50N10O6S. The molecule has 3 N–H and O–H groups in total. The number of rotatable bonds is 18. The second kappa shape index (κ2) is 18.5. The van der Waals surface area contributed by atoms with Gasteiger partial charge in [0.25, 0.3) is 11.5 Å². The Hall–Kier alpha value is -6.14. The molecule has 322 valence electrons. The summed E-state index contributed by atoms with van der Waals surface area (Å²) in [5.41, 5.74) is 5.55. The standard InChI is InChI=1S/C45H50N10O6S/c1-52-40-37(23-49-55(45(40)58)24-30-4-3-5-36(20-30)59-2)41-43(52)51-39(62-41)28-61-19-18-60-17-15-46-38(56)27-53-16-13-31-21-32(22-48-42(31)53)44(57)47-14-12-29-6-10-35(11-7-29)54-25-33-8-9-34(26-54)50-33/h3-7,10-11,13,16,20-23,33-34,50H,8-9,12,14-15,17-19,24-28H2,1-2H3,(H,46,56)(H,47,57)/t33-,34+. The number of fused-ring (bicyclic) bond motifs is 6. The molecule has 62 heavy (non-hydrogen) atoms. The fourth-order valence-corrected chi connectivity index (χ4v) is 9.48. The van der Waals surface area contributed by atoms with E-state index in [1.165, 1.54) is 40.1 Å². The molecule has 0 aliphatic carbocycles. The van der Waals surface area contributed by atoms with Gasteiger partial charge in [-0.2, -0.15) is 5.10 Å². The van der Waals surface area contributed by atoms with Crippen molar-refractivity contribution in [3.63, 3.8) is 0 Å². The molecule has 2 saturated heterocycles. The fourth-order valence-electron chi connectivity index (χ4n) is 8.44. The molecule has 0 unspecified atom stereocenters. The van der Waals surface area contributed by atoms with Crippen LogP contribution in [0.2, 0.25) is 0 Å². The third kappa shape index (κ3) is 9.06. The summed E-state index contributed by atoms with van der Waals surface area (Å²) < 4.78 is 22.7. The molecule has 2 amide bonds. The van der Waals surface area contributed by atoms with E-state index in [-0.39, 0.29) is 23.9 Å². The normalized spacial score (nSPS) is 16.1. The minimum Gasteiger partial charge on any atom is -0.497 e. The van der Waals surface area contributed by atoms with Crippen LogP contribution in [-0.2, 0) is 47.4 Å². The maximum Gasteiger partial charge on any atom is 0.291 e. The summed E-state index contributed by atoms with van der Waals surface area (Å²) in [6, 6.07) is 21.1. The number of nitrogens with one attached hydrogen (secondary N) is 3. The first-order valence-electron chi connectivity index (χ1n) is 21.0. The fraction of sp³-hybridized carbons (Fsp3) is 0.378. The van der Waals surface area contributed by atoms with Gasteiger partial charge in [0, 0.05) is 74.2 Å². The second-order valence-electron chi connectivity index (χ2n) is 15.9. The first-order chi connectivity index (χ1) is 30.3. The molecule has 9 rings (SSSR count). The van der Waals surface area contributed by atoms with Gasteiger partial charge in [-0.1, -0.05) is 24.3 Å². The van der Waals surface area contributed by atoms with Crippen molar-refractivity contribution < 1.29 is 23.8 Å². The molecule has 2 aromatic carbocycles. The van der Waals surface area contributed by atoms with E-state index in [2.05, 4.69) is 55.2 Å². The third-order valence-electron chi connectivity index (χ3n) is 11.6. The van der Waals surface area contributed by atoms with Crippen LogP contribution in [0.3, 0.4) is 0 Å². The van der Waals surface area contributed by atoms with Gasteiger partial charge >= 0.3 is 0 Å². The average molecular weight is 859 g/mol. The number of amides is 2. The number of benzene rings is 2. The van der Waals surface area contributed by atoms with Crippen LogP contribution < -0.4 is 31.1 Å². The van der Waals surface area contributed by atoms with Crippen LogP contribution in [0.4, 0.5) is 5.69 Å². The Labute approximate surface area is 361 Å². The van der Waals surface area contributed by atoms with Gasteiger partial charge in [0.05, 0.1) is 56.5 Å². The summed E-state index contributed by atoms with van der Waals surface area (Å²) in [6.07, 6.45) is 8.34. The number of hydrogen-bond acceptors (Lipinski definition) is 12. The van der Waals surface area contributed by atoms with Crippen LogP contribution in [0, 0.1) is 0 Å². The third-order valence-corrected chi connectivity index (χ3v) is 12.6. The van der Waals surface area contributed by atoms with Gasteiger partial charge in [-0.3, -0.25) is 14.4 Å². The first-order valence-corrected chi connectivity index (χ1v) is 21.8. The smallest absolute Gasteiger partial charge is 0.291 e. The highest BCUT2D eigenvalue weighted by atomic mass is 32.1. The number of carbonyl (C=O) groups excluding carboxylic acids is 2. The van der Waals surface area contributed by atoms with Crippen molar-refractivity contribution in [1.82, 2.24) is 44.8 Å². The summed E-state index contributed by atoms with van der Waals surface area (Å²) in [5, 5.41) is 16.4. The SMILES string of the molecule is COc1cccc(Cn2ncc3c4sc(COCCOCCNC(=O)Cn5ccc6cc(C(=O)NCCc7ccc(N8C[C@H]9CC[C@@H](C8)N9)cc7)cnc65)nc4n(C)c3c2=O)c1. The number of piperazine rings is 1. The van der Waals surface area contributed by atoms with E-state index < -0.39 is 0 Å². The number of thiazole rings is 1. The molecule has 0 spiro atoms. The number of hydrogen-bond donors (Lipinski definition) is 3. The molecule has 2 aliphatic rings. The van der Waals surface area contributed by atoms with E-state index in [1.54, 1.807) is 36.3 Å². The van der Waals surface area contributed by atoms with E-state index in [0.717, 1.165) is 51.3 Å². The minimum atomic E-state index is -0.184. The summed E-state index contributed by atoms with van der Waals surface area (Å²) in [4.78, 5) is 50.8. The predicted octanol–water partition coefficient (Wildman–Crippen LogP) is 4.01. The second-order valence-corrected chi connectivity index (χ2v) is 16.9. The van der Waals surface area contributed by atoms with Crippen molar-refractivity contribution in [2.24, 2.45) is 7.05 Å². The van der Waals surface area contributed by atoms with Crippen molar-refractivity contribution in [3.8, 4) is 5.75 Å². The molecule has 2 aliphatic heterocycles. The maximum atomic E-state index is 13.4. The van der Waals surface area contributed by atoms with Gasteiger partial charge in [-0.05, 0) is 66.8 Å². The van der Waals surface area contributed by atoms with Crippen molar-refractivity contribution in [1.29, 1.82) is 0 Å². The monoisotopic (exact) mass is 858 g/mol. The van der Waals surface area contributed by atoms with Gasteiger partial charge in [-0.15, -0.1) is 11.3 Å². The summed E-state index contributed by atoms with van der Waals surface area (Å²) in [7, 11) is 3.45. The lowest BCUT2D eigenvalue weighted by molar-refractivity contribution is -0.121. The lowest BCUT2D eigenvalue weighted by Gasteiger charge is -2.34. The van der Waals surface area contributed by atoms with Crippen LogP contribution in [0.5, 0.6) is 5.75 Å². The molecule has 16 nitrogen and oxygen atoms in total. The number of ether oxygens (including phenoxy) is 3. The Morgan fingerprint density at radius 2 is 1.74 bits per heavy atom. The molecule has 2 fully saturated rings. The van der Waals surface area contributed by atoms with Gasteiger partial charge in [-0.25, -0.2) is 14.6 Å². The van der Waals surface area contributed by atoms with Crippen molar-refractivity contribution in [2.75, 3.05) is 58.0 Å². The zero-order chi connectivity index (χ0) is 42.6. The first kappa shape index (κ1) is 41.2. The van der Waals surface area contributed by atoms with Crippen molar-refractivity contribution >= 4 is 61.1 Å². The Bertz CT molecular complexity index is 2770. The van der Waals surface area contributed by atoms with Gasteiger partial charge in [0.15, 0.2) is 5.65 Å². The minimum absolute atomic E-state index is 0.0900. The van der Waals surface area contributed by atoms with E-state index >= 15 is 0 Å². The van der Waals surface area contributed by atoms with Gasteiger partial charge in [0.2, 0.25) is 5.91 Å². The zero-order valence-electron chi connectivity index (χ0n) is 34.8. The van der Waals surface area contributed by atoms with Crippen LogP contribution in [0.1, 0.15) is 39.3 Å². The number of nitrogens with zero attached hydrogens (tertiary/aromatic N) is 7. The number of aromatic nitrogens is 6. The van der Waals surface area contributed by atoms with Crippen LogP contribution >= 0.6 is 11.3 Å². The molecular weight excluding hydrogens is 809 g/mol. The van der Waals surface area contributed by atoms with Gasteiger partial charge in [0.1, 0.15) is 28.5 Å². The molecule has 7 heterocycles. The number of anilines is 1. The lowest BCUT2D eigenvalue weighted by Crippen LogP contribution is -2.51. The largest absolute Gasteiger partial charge is 0.497 e. The van der Waals surface area contributed by atoms with Crippen LogP contribution in [0.15, 0.2) is 84.0 Å². The van der Waals surface area contributed by atoms with Gasteiger partial charge < -0.3 is 44.2 Å². The maximum absolute atomic E-state index is 13.4. The highest BCUT2D eigenvalue weighted by molar-refractivity contribution is 7.19. The summed E-state index contributed by atoms with van der Waals surface area (Å²) >= 11 is 1.48. The molecule has 0 saturated carbocycles. The number of methoxy groups -OCH3 is 1. The molecule has 0 radical (unpaired) electrons. The Morgan fingerprint density at radius 1 is 0.919 bits per heavy atom. The van der Waals surface area contributed by atoms with E-state index in [1.807, 2.05) is 41.9 Å². The summed E-state index contributed by atoms with van der Waals surface area (Å²) in [6.45, 7) is 4.75. The Balaban J connectivity index is 0.669. The van der Waals surface area contributed by atoms with Crippen molar-refractivity contribution in [2.45, 2.75) is 51.0 Å². The predicted molar refractivity (Wildman–Crippen MR) is 238 cm³/mol. The summed E-state index contributed by atoms with van der Waals surface area (Å²) in [5.74, 6) is 0.373. The van der Waals surface area contributed by atoms with E-state index in [9.17, 15) is 14.4 Å². The molecule has 2 bridgehead atoms. The number of carbonyl (C=O) groups is 2. The molecule has 7 aromatic rings. The van der Waals surface area contributed by atoms with Crippen LogP contribution in [0.25, 0.3) is 32.3 Å².